The maximum absolute atomic E-state index is 12.8. The van der Waals surface area contributed by atoms with E-state index in [4.69, 9.17) is 14.2 Å². The van der Waals surface area contributed by atoms with E-state index in [1.807, 2.05) is 54.7 Å². The van der Waals surface area contributed by atoms with Gasteiger partial charge in [-0.15, -0.1) is 0 Å². The molecule has 0 fully saturated rings. The minimum atomic E-state index is -0.803. The molecule has 0 rings (SSSR count). The molecule has 0 saturated heterocycles. The molecule has 0 aliphatic heterocycles. The number of carbonyl (C=O) groups excluding carboxylic acids is 3. The highest BCUT2D eigenvalue weighted by atomic mass is 16.6. The predicted octanol–water partition coefficient (Wildman–Crippen LogP) is 17.8. The molecule has 0 amide bonds. The molecule has 0 heterocycles. The lowest BCUT2D eigenvalue weighted by Crippen LogP contribution is -2.30. The van der Waals surface area contributed by atoms with Crippen LogP contribution < -0.4 is 0 Å². The van der Waals surface area contributed by atoms with Gasteiger partial charge in [0.25, 0.3) is 0 Å². The van der Waals surface area contributed by atoms with Crippen LogP contribution in [0.2, 0.25) is 0 Å². The van der Waals surface area contributed by atoms with Crippen LogP contribution in [0, 0.1) is 0 Å². The molecule has 0 aromatic rings. The number of hydrogen-bond donors (Lipinski definition) is 0. The minimum absolute atomic E-state index is 0.0982. The topological polar surface area (TPSA) is 78.9 Å². The normalized spacial score (nSPS) is 12.6. The number of rotatable bonds is 48. The molecule has 1 atom stereocenters. The summed E-state index contributed by atoms with van der Waals surface area (Å²) in [5.41, 5.74) is 0. The Labute approximate surface area is 395 Å². The van der Waals surface area contributed by atoms with Crippen LogP contribution in [0.4, 0.5) is 0 Å². The van der Waals surface area contributed by atoms with Crippen molar-refractivity contribution in [2.24, 2.45) is 0 Å². The van der Waals surface area contributed by atoms with Crippen molar-refractivity contribution < 1.29 is 28.6 Å². The Bertz CT molecular complexity index is 1210. The first-order valence-electron chi connectivity index (χ1n) is 27.0. The number of ether oxygens (including phenoxy) is 3. The third kappa shape index (κ3) is 49.9. The maximum atomic E-state index is 12.8. The van der Waals surface area contributed by atoms with Gasteiger partial charge in [0.05, 0.1) is 0 Å². The predicted molar refractivity (Wildman–Crippen MR) is 274 cm³/mol. The SMILES string of the molecule is CC\C=C/C=C\C=C/C=C\C=C/CCCC(=O)OCC(COC(=O)CCCCCCCCC/C=C\CCCCCCCC)OC(=O)CCCCCCCCCCCCCCCCCC. The van der Waals surface area contributed by atoms with Crippen molar-refractivity contribution in [1.29, 1.82) is 0 Å². The van der Waals surface area contributed by atoms with E-state index in [-0.39, 0.29) is 37.5 Å². The van der Waals surface area contributed by atoms with E-state index >= 15 is 0 Å². The molecule has 0 aromatic carbocycles. The molecular formula is C58H100O6. The molecule has 0 saturated carbocycles. The van der Waals surface area contributed by atoms with E-state index in [1.165, 1.54) is 161 Å². The van der Waals surface area contributed by atoms with Gasteiger partial charge in [0.15, 0.2) is 6.10 Å². The maximum Gasteiger partial charge on any atom is 0.306 e. The van der Waals surface area contributed by atoms with Gasteiger partial charge in [-0.3, -0.25) is 14.4 Å². The number of esters is 3. The first kappa shape index (κ1) is 60.9. The smallest absolute Gasteiger partial charge is 0.306 e. The van der Waals surface area contributed by atoms with Crippen LogP contribution in [-0.4, -0.2) is 37.2 Å². The fourth-order valence-electron chi connectivity index (χ4n) is 7.53. The van der Waals surface area contributed by atoms with Gasteiger partial charge in [0.2, 0.25) is 0 Å². The molecule has 0 bridgehead atoms. The van der Waals surface area contributed by atoms with Crippen LogP contribution in [-0.2, 0) is 28.6 Å². The summed E-state index contributed by atoms with van der Waals surface area (Å²) in [7, 11) is 0. The van der Waals surface area contributed by atoms with Crippen LogP contribution in [0.3, 0.4) is 0 Å². The zero-order valence-electron chi connectivity index (χ0n) is 42.0. The van der Waals surface area contributed by atoms with Crippen molar-refractivity contribution in [3.05, 3.63) is 72.9 Å². The first-order chi connectivity index (χ1) is 31.5. The molecule has 1 unspecified atom stereocenters. The Hall–Kier alpha value is -3.15. The van der Waals surface area contributed by atoms with Crippen molar-refractivity contribution >= 4 is 17.9 Å². The molecule has 0 spiro atoms. The zero-order chi connectivity index (χ0) is 46.5. The number of hydrogen-bond acceptors (Lipinski definition) is 6. The average Bonchev–Trinajstić information content (AvgIpc) is 3.29. The quantitative estimate of drug-likeness (QED) is 0.0199. The van der Waals surface area contributed by atoms with Crippen LogP contribution >= 0.6 is 0 Å². The summed E-state index contributed by atoms with van der Waals surface area (Å²) in [5, 5.41) is 0. The summed E-state index contributed by atoms with van der Waals surface area (Å²) in [6.07, 6.45) is 66.1. The molecule has 0 radical (unpaired) electrons. The second kappa shape index (κ2) is 52.5. The van der Waals surface area contributed by atoms with E-state index in [0.29, 0.717) is 19.3 Å². The Kier molecular flexibility index (Phi) is 49.9. The lowest BCUT2D eigenvalue weighted by molar-refractivity contribution is -0.167. The summed E-state index contributed by atoms with van der Waals surface area (Å²) in [4.78, 5) is 38.0. The molecule has 0 aliphatic carbocycles. The Morgan fingerprint density at radius 3 is 1.05 bits per heavy atom. The highest BCUT2D eigenvalue weighted by Crippen LogP contribution is 2.16. The second-order valence-electron chi connectivity index (χ2n) is 17.9. The Morgan fingerprint density at radius 1 is 0.328 bits per heavy atom. The molecule has 6 heteroatoms. The van der Waals surface area contributed by atoms with Crippen LogP contribution in [0.5, 0.6) is 0 Å². The summed E-state index contributed by atoms with van der Waals surface area (Å²) in [6.45, 7) is 6.44. The molecule has 0 N–H and O–H groups in total. The van der Waals surface area contributed by atoms with Crippen molar-refractivity contribution in [3.8, 4) is 0 Å². The van der Waals surface area contributed by atoms with Crippen molar-refractivity contribution in [1.82, 2.24) is 0 Å². The number of carbonyl (C=O) groups is 3. The van der Waals surface area contributed by atoms with Crippen molar-refractivity contribution in [2.75, 3.05) is 13.2 Å². The molecule has 0 aromatic heterocycles. The molecular weight excluding hydrogens is 793 g/mol. The lowest BCUT2D eigenvalue weighted by Gasteiger charge is -2.18. The number of allylic oxidation sites excluding steroid dienone is 12. The van der Waals surface area contributed by atoms with E-state index in [1.54, 1.807) is 0 Å². The Balaban J connectivity index is 4.44. The first-order valence-corrected chi connectivity index (χ1v) is 27.0. The summed E-state index contributed by atoms with van der Waals surface area (Å²) >= 11 is 0. The van der Waals surface area contributed by atoms with Gasteiger partial charge in [-0.1, -0.05) is 254 Å². The monoisotopic (exact) mass is 893 g/mol. The summed E-state index contributed by atoms with van der Waals surface area (Å²) < 4.78 is 16.8. The van der Waals surface area contributed by atoms with Gasteiger partial charge in [0, 0.05) is 19.3 Å². The Morgan fingerprint density at radius 2 is 0.641 bits per heavy atom. The standard InChI is InChI=1S/C58H100O6/c1-4-7-10-13-16-19-22-25-27-29-31-33-36-39-42-45-48-51-57(60)63-54-55(53-62-56(59)50-47-44-41-38-35-32-24-21-18-15-12-9-6-3)64-58(61)52-49-46-43-40-37-34-30-28-26-23-20-17-14-11-8-5-2/h9,12,15,18,21,24-25,27,32,35,38,41,55H,4-8,10-11,13-14,16-17,19-20,22-23,26,28-31,33-34,36-37,39-40,42-54H2,1-3H3/b12-9-,18-15-,24-21-,27-25-,35-32-,41-38-. The third-order valence-corrected chi connectivity index (χ3v) is 11.6. The van der Waals surface area contributed by atoms with E-state index < -0.39 is 6.10 Å². The van der Waals surface area contributed by atoms with Crippen molar-refractivity contribution in [3.63, 3.8) is 0 Å². The molecule has 0 aliphatic rings. The van der Waals surface area contributed by atoms with Crippen molar-refractivity contribution in [2.45, 2.75) is 264 Å². The molecule has 6 nitrogen and oxygen atoms in total. The van der Waals surface area contributed by atoms with Gasteiger partial charge >= 0.3 is 17.9 Å². The van der Waals surface area contributed by atoms with Gasteiger partial charge in [0.1, 0.15) is 13.2 Å². The van der Waals surface area contributed by atoms with Crippen LogP contribution in [0.15, 0.2) is 72.9 Å². The van der Waals surface area contributed by atoms with Gasteiger partial charge in [-0.05, 0) is 57.8 Å². The minimum Gasteiger partial charge on any atom is -0.462 e. The van der Waals surface area contributed by atoms with E-state index in [2.05, 4.69) is 39.0 Å². The summed E-state index contributed by atoms with van der Waals surface area (Å²) in [6, 6.07) is 0. The lowest BCUT2D eigenvalue weighted by atomic mass is 10.0. The average molecular weight is 893 g/mol. The van der Waals surface area contributed by atoms with E-state index in [0.717, 1.165) is 51.4 Å². The number of unbranched alkanes of at least 4 members (excludes halogenated alkanes) is 29. The van der Waals surface area contributed by atoms with Crippen LogP contribution in [0.1, 0.15) is 258 Å². The molecule has 64 heavy (non-hydrogen) atoms. The fraction of sp³-hybridized carbons (Fsp3) is 0.741. The van der Waals surface area contributed by atoms with Gasteiger partial charge in [-0.25, -0.2) is 0 Å². The van der Waals surface area contributed by atoms with Crippen LogP contribution in [0.25, 0.3) is 0 Å². The van der Waals surface area contributed by atoms with E-state index in [9.17, 15) is 14.4 Å². The highest BCUT2D eigenvalue weighted by Gasteiger charge is 2.19. The molecule has 368 valence electrons. The van der Waals surface area contributed by atoms with Gasteiger partial charge < -0.3 is 14.2 Å². The zero-order valence-corrected chi connectivity index (χ0v) is 42.0. The fourth-order valence-corrected chi connectivity index (χ4v) is 7.53. The largest absolute Gasteiger partial charge is 0.462 e. The second-order valence-corrected chi connectivity index (χ2v) is 17.9. The third-order valence-electron chi connectivity index (χ3n) is 11.6. The highest BCUT2D eigenvalue weighted by molar-refractivity contribution is 5.71. The van der Waals surface area contributed by atoms with Gasteiger partial charge in [-0.2, -0.15) is 0 Å². The summed E-state index contributed by atoms with van der Waals surface area (Å²) in [5.74, 6) is -0.972.